The third-order valence-corrected chi connectivity index (χ3v) is 16.4. The van der Waals surface area contributed by atoms with Gasteiger partial charge in [-0.05, 0) is 121 Å². The van der Waals surface area contributed by atoms with E-state index in [0.29, 0.717) is 23.7 Å². The summed E-state index contributed by atoms with van der Waals surface area (Å²) in [6, 6.07) is 35.8. The molecule has 7 aromatic rings. The molecule has 0 saturated heterocycles. The number of fused-ring (bicyclic) bond motifs is 9. The molecule has 2 fully saturated rings. The Labute approximate surface area is 378 Å². The van der Waals surface area contributed by atoms with Crippen molar-refractivity contribution in [2.24, 2.45) is 17.3 Å². The van der Waals surface area contributed by atoms with Crippen LogP contribution >= 0.6 is 0 Å². The smallest absolute Gasteiger partial charge is 0.136 e. The number of aryl methyl sites for hydroxylation is 1. The fourth-order valence-electron chi connectivity index (χ4n) is 12.9. The molecule has 15 rings (SSSR count). The van der Waals surface area contributed by atoms with Crippen LogP contribution < -0.4 is 0 Å². The van der Waals surface area contributed by atoms with Gasteiger partial charge in [0.15, 0.2) is 0 Å². The summed E-state index contributed by atoms with van der Waals surface area (Å²) in [5.74, 6) is 6.49. The molecule has 2 saturated carbocycles. The van der Waals surface area contributed by atoms with Crippen LogP contribution in [0.1, 0.15) is 108 Å². The Morgan fingerprint density at radius 2 is 1.49 bits per heavy atom. The minimum Gasteiger partial charge on any atom is -0.492 e. The molecule has 1 aliphatic heterocycles. The normalized spacial score (nSPS) is 27.6. The average Bonchev–Trinajstić information content (AvgIpc) is 4.16. The van der Waals surface area contributed by atoms with Gasteiger partial charge in [0.05, 0.1) is 16.8 Å². The van der Waals surface area contributed by atoms with Crippen LogP contribution in [0.25, 0.3) is 61.7 Å². The molecule has 5 heteroatoms. The minimum atomic E-state index is -0.0550. The van der Waals surface area contributed by atoms with Crippen LogP contribution in [0.15, 0.2) is 160 Å². The number of hydrogen-bond donors (Lipinski definition) is 0. The van der Waals surface area contributed by atoms with Crippen LogP contribution in [0.4, 0.5) is 0 Å². The summed E-state index contributed by atoms with van der Waals surface area (Å²) in [7, 11) is 0. The van der Waals surface area contributed by atoms with Crippen molar-refractivity contribution in [3.05, 3.63) is 196 Å². The van der Waals surface area contributed by atoms with Gasteiger partial charge in [0.2, 0.25) is 0 Å². The van der Waals surface area contributed by atoms with Gasteiger partial charge in [-0.25, -0.2) is 9.97 Å². The van der Waals surface area contributed by atoms with Crippen LogP contribution in [-0.4, -0.2) is 16.1 Å². The van der Waals surface area contributed by atoms with Gasteiger partial charge in [-0.3, -0.25) is 0 Å². The van der Waals surface area contributed by atoms with E-state index in [1.807, 2.05) is 0 Å². The minimum absolute atomic E-state index is 0.0550. The van der Waals surface area contributed by atoms with Crippen LogP contribution in [0, 0.1) is 17.3 Å². The second kappa shape index (κ2) is 13.7. The highest BCUT2D eigenvalue weighted by Crippen LogP contribution is 2.70. The molecular weight excluding hydrogens is 797 g/mol. The molecule has 65 heavy (non-hydrogen) atoms. The van der Waals surface area contributed by atoms with Gasteiger partial charge in [-0.15, -0.1) is 0 Å². The van der Waals surface area contributed by atoms with Crippen LogP contribution in [0.3, 0.4) is 0 Å². The van der Waals surface area contributed by atoms with Gasteiger partial charge in [-0.2, -0.15) is 0 Å². The molecule has 7 atom stereocenters. The molecule has 8 aliphatic rings. The molecule has 0 bridgehead atoms. The number of benzene rings is 4. The van der Waals surface area contributed by atoms with Crippen molar-refractivity contribution in [3.63, 3.8) is 0 Å². The molecule has 5 nitrogen and oxygen atoms in total. The van der Waals surface area contributed by atoms with Crippen LogP contribution in [-0.2, 0) is 17.6 Å². The number of rotatable bonds is 6. The molecule has 4 heterocycles. The lowest BCUT2D eigenvalue weighted by Crippen LogP contribution is -2.13. The van der Waals surface area contributed by atoms with Crippen LogP contribution in [0.5, 0.6) is 0 Å². The first-order valence-corrected chi connectivity index (χ1v) is 24.1. The Balaban J connectivity index is 0.855. The third-order valence-electron chi connectivity index (χ3n) is 16.4. The highest BCUT2D eigenvalue weighted by atomic mass is 16.5. The maximum absolute atomic E-state index is 6.64. The van der Waals surface area contributed by atoms with E-state index in [4.69, 9.17) is 23.5 Å². The van der Waals surface area contributed by atoms with Crippen molar-refractivity contribution in [2.45, 2.75) is 81.6 Å². The Morgan fingerprint density at radius 3 is 2.37 bits per heavy atom. The summed E-state index contributed by atoms with van der Waals surface area (Å²) in [5, 5.41) is 2.47. The van der Waals surface area contributed by atoms with E-state index in [1.54, 1.807) is 0 Å². The first kappa shape index (κ1) is 36.6. The first-order chi connectivity index (χ1) is 32.1. The summed E-state index contributed by atoms with van der Waals surface area (Å²) >= 11 is 0. The number of ether oxygens (including phenoxy) is 1. The highest BCUT2D eigenvalue weighted by molar-refractivity contribution is 5.96. The lowest BCUT2D eigenvalue weighted by atomic mass is 9.79. The number of furan rings is 2. The molecule has 0 N–H and O–H groups in total. The molecular formula is C60H48N2O3. The average molecular weight is 845 g/mol. The zero-order valence-electron chi connectivity index (χ0n) is 36.3. The number of para-hydroxylation sites is 2. The first-order valence-electron chi connectivity index (χ1n) is 24.1. The van der Waals surface area contributed by atoms with E-state index >= 15 is 0 Å². The summed E-state index contributed by atoms with van der Waals surface area (Å²) in [6.45, 7) is 0. The SMILES string of the molecule is C1=CC(c2nc(-c3ccc(C4=Cc5c(oc6ccccc56)CC4)cc3)cc(-c3cc(C4=CC56C7=C(CCC=C7)OC5C6C=C4)cc(C4Cc5c(oc6ccccc56)C5CC45)c3)n2)CCC1. The number of allylic oxidation sites excluding steroid dienone is 8. The van der Waals surface area contributed by atoms with Gasteiger partial charge < -0.3 is 13.6 Å². The van der Waals surface area contributed by atoms with Gasteiger partial charge in [-0.1, -0.05) is 109 Å². The summed E-state index contributed by atoms with van der Waals surface area (Å²) in [6.07, 6.45) is 28.7. The molecule has 316 valence electrons. The number of aromatic nitrogens is 2. The molecule has 7 unspecified atom stereocenters. The van der Waals surface area contributed by atoms with E-state index in [9.17, 15) is 0 Å². The zero-order valence-corrected chi connectivity index (χ0v) is 36.3. The largest absolute Gasteiger partial charge is 0.492 e. The van der Waals surface area contributed by atoms with E-state index in [-0.39, 0.29) is 17.4 Å². The van der Waals surface area contributed by atoms with Gasteiger partial charge in [0.25, 0.3) is 0 Å². The fraction of sp³-hybridized carbons (Fsp3) is 0.267. The molecule has 7 aliphatic carbocycles. The van der Waals surface area contributed by atoms with Crippen LogP contribution in [0.2, 0.25) is 0 Å². The van der Waals surface area contributed by atoms with Crippen molar-refractivity contribution in [2.75, 3.05) is 0 Å². The standard InChI is InChI=1S/C60H48N2O3/c1-2-10-36(11-3-1)59-61-51(35-20-18-34(19-21-35)37-23-25-55-46(29-37)42-12-4-7-15-53(42)63-55)32-52(62-59)41-27-39(38-22-24-50-58-60(50,33-38)49-14-6-9-17-56(49)65-58)26-40(28-41)44-30-47-43-13-5-8-16-54(43)64-57(47)48-31-45(44)48/h2,4-8,10,12-16,18-22,24,26-29,32-33,36,44-45,48,50,58H,1,3,9,11,17,23,25,30-31H2. The Bertz CT molecular complexity index is 3390. The lowest BCUT2D eigenvalue weighted by molar-refractivity contribution is 0.186. The van der Waals surface area contributed by atoms with Crippen molar-refractivity contribution in [1.82, 2.24) is 9.97 Å². The summed E-state index contributed by atoms with van der Waals surface area (Å²) < 4.78 is 19.4. The zero-order chi connectivity index (χ0) is 42.4. The van der Waals surface area contributed by atoms with Crippen molar-refractivity contribution in [3.8, 4) is 22.5 Å². The van der Waals surface area contributed by atoms with Gasteiger partial charge in [0, 0.05) is 69.2 Å². The second-order valence-electron chi connectivity index (χ2n) is 20.0. The summed E-state index contributed by atoms with van der Waals surface area (Å²) in [5.41, 5.74) is 16.8. The van der Waals surface area contributed by atoms with Crippen molar-refractivity contribution < 1.29 is 13.6 Å². The third kappa shape index (κ3) is 5.57. The van der Waals surface area contributed by atoms with Gasteiger partial charge >= 0.3 is 0 Å². The molecule has 1 spiro atoms. The number of nitrogens with zero attached hydrogens (tertiary/aromatic N) is 2. The predicted molar refractivity (Wildman–Crippen MR) is 258 cm³/mol. The topological polar surface area (TPSA) is 61.3 Å². The molecule has 0 radical (unpaired) electrons. The molecule has 0 amide bonds. The van der Waals surface area contributed by atoms with E-state index in [1.165, 1.54) is 73.2 Å². The highest BCUT2D eigenvalue weighted by Gasteiger charge is 2.71. The lowest BCUT2D eigenvalue weighted by Gasteiger charge is -2.25. The molecule has 4 aromatic carbocycles. The Kier molecular flexibility index (Phi) is 7.69. The Hall–Kier alpha value is -6.72. The van der Waals surface area contributed by atoms with E-state index < -0.39 is 0 Å². The van der Waals surface area contributed by atoms with Crippen molar-refractivity contribution in [1.29, 1.82) is 0 Å². The monoisotopic (exact) mass is 844 g/mol. The predicted octanol–water partition coefficient (Wildman–Crippen LogP) is 14.6. The quantitative estimate of drug-likeness (QED) is 0.156. The second-order valence-corrected chi connectivity index (χ2v) is 20.0. The Morgan fingerprint density at radius 1 is 0.677 bits per heavy atom. The number of hydrogen-bond acceptors (Lipinski definition) is 5. The fourth-order valence-corrected chi connectivity index (χ4v) is 12.9. The maximum Gasteiger partial charge on any atom is 0.136 e. The van der Waals surface area contributed by atoms with E-state index in [0.717, 1.165) is 96.6 Å². The molecule has 3 aromatic heterocycles. The van der Waals surface area contributed by atoms with E-state index in [2.05, 4.69) is 146 Å². The van der Waals surface area contributed by atoms with Crippen molar-refractivity contribution >= 4 is 39.2 Å². The summed E-state index contributed by atoms with van der Waals surface area (Å²) in [4.78, 5) is 10.9. The maximum atomic E-state index is 6.64. The van der Waals surface area contributed by atoms with Gasteiger partial charge in [0.1, 0.15) is 40.4 Å².